The van der Waals surface area contributed by atoms with Gasteiger partial charge in [0.2, 0.25) is 0 Å². The fraction of sp³-hybridized carbons (Fsp3) is 0.583. The molecule has 1 N–H and O–H groups in total. The number of amides is 2. The summed E-state index contributed by atoms with van der Waals surface area (Å²) in [5.41, 5.74) is 2.07. The zero-order chi connectivity index (χ0) is 22.3. The zero-order valence-corrected chi connectivity index (χ0v) is 20.6. The highest BCUT2D eigenvalue weighted by Crippen LogP contribution is 2.45. The van der Waals surface area contributed by atoms with Crippen molar-refractivity contribution in [3.8, 4) is 0 Å². The van der Waals surface area contributed by atoms with Crippen molar-refractivity contribution in [3.05, 3.63) is 38.4 Å². The summed E-state index contributed by atoms with van der Waals surface area (Å²) in [4.78, 5) is 30.4. The minimum absolute atomic E-state index is 0.0107. The first kappa shape index (κ1) is 22.5. The normalized spacial score (nSPS) is 24.0. The third-order valence-corrected chi connectivity index (χ3v) is 8.42. The molecule has 0 aromatic carbocycles. The van der Waals surface area contributed by atoms with E-state index in [0.717, 1.165) is 24.8 Å². The average Bonchev–Trinajstić information content (AvgIpc) is 3.33. The van der Waals surface area contributed by atoms with Crippen molar-refractivity contribution in [2.45, 2.75) is 66.1 Å². The van der Waals surface area contributed by atoms with Crippen molar-refractivity contribution in [2.24, 2.45) is 11.3 Å². The number of carbonyl (C=O) groups is 2. The number of hydrogen-bond donors (Lipinski definition) is 1. The molecular weight excluding hydrogens is 428 g/mol. The topological polar surface area (TPSA) is 58.6 Å². The summed E-state index contributed by atoms with van der Waals surface area (Å²) in [5.74, 6) is 0.458. The first-order valence-electron chi connectivity index (χ1n) is 11.1. The number of carbonyl (C=O) groups excluding carboxylic acids is 2. The molecule has 0 unspecified atom stereocenters. The molecule has 4 rings (SSSR count). The highest BCUT2D eigenvalue weighted by atomic mass is 32.1. The van der Waals surface area contributed by atoms with Crippen LogP contribution in [0.5, 0.6) is 0 Å². The van der Waals surface area contributed by atoms with Gasteiger partial charge in [0.15, 0.2) is 0 Å². The quantitative estimate of drug-likeness (QED) is 0.661. The number of morpholine rings is 1. The van der Waals surface area contributed by atoms with E-state index < -0.39 is 0 Å². The van der Waals surface area contributed by atoms with E-state index in [9.17, 15) is 9.59 Å². The molecule has 2 aromatic rings. The lowest BCUT2D eigenvalue weighted by molar-refractivity contribution is -0.0586. The van der Waals surface area contributed by atoms with Crippen molar-refractivity contribution < 1.29 is 14.3 Å². The van der Waals surface area contributed by atoms with E-state index in [1.54, 1.807) is 11.3 Å². The predicted octanol–water partition coefficient (Wildman–Crippen LogP) is 5.46. The first-order chi connectivity index (χ1) is 14.6. The molecule has 5 nitrogen and oxygen atoms in total. The fourth-order valence-electron chi connectivity index (χ4n) is 4.71. The van der Waals surface area contributed by atoms with Crippen LogP contribution in [-0.4, -0.2) is 42.0 Å². The second-order valence-corrected chi connectivity index (χ2v) is 12.0. The van der Waals surface area contributed by atoms with Crippen LogP contribution in [0.2, 0.25) is 0 Å². The van der Waals surface area contributed by atoms with E-state index in [4.69, 9.17) is 4.74 Å². The maximum atomic E-state index is 13.7. The van der Waals surface area contributed by atoms with Crippen LogP contribution in [0.25, 0.3) is 0 Å². The van der Waals surface area contributed by atoms with E-state index in [0.29, 0.717) is 34.4 Å². The Morgan fingerprint density at radius 3 is 2.52 bits per heavy atom. The van der Waals surface area contributed by atoms with E-state index >= 15 is 0 Å². The molecule has 2 aromatic heterocycles. The van der Waals surface area contributed by atoms with Crippen LogP contribution in [0.3, 0.4) is 0 Å². The number of anilines is 1. The molecule has 0 bridgehead atoms. The van der Waals surface area contributed by atoms with Gasteiger partial charge in [-0.05, 0) is 61.5 Å². The van der Waals surface area contributed by atoms with Gasteiger partial charge >= 0.3 is 0 Å². The molecule has 0 saturated carbocycles. The number of hydrogen-bond acceptors (Lipinski definition) is 5. The predicted molar refractivity (Wildman–Crippen MR) is 127 cm³/mol. The lowest BCUT2D eigenvalue weighted by atomic mass is 9.72. The van der Waals surface area contributed by atoms with E-state index in [2.05, 4.69) is 26.1 Å². The smallest absolute Gasteiger partial charge is 0.266 e. The van der Waals surface area contributed by atoms with Crippen molar-refractivity contribution in [1.29, 1.82) is 0 Å². The van der Waals surface area contributed by atoms with Crippen LogP contribution in [0.4, 0.5) is 5.00 Å². The van der Waals surface area contributed by atoms with Crippen LogP contribution < -0.4 is 5.32 Å². The Morgan fingerprint density at radius 1 is 1.19 bits per heavy atom. The van der Waals surface area contributed by atoms with Gasteiger partial charge in [-0.3, -0.25) is 9.59 Å². The Labute approximate surface area is 192 Å². The van der Waals surface area contributed by atoms with Crippen molar-refractivity contribution in [2.75, 3.05) is 18.4 Å². The minimum atomic E-state index is -0.140. The second-order valence-electron chi connectivity index (χ2n) is 9.91. The Balaban J connectivity index is 1.69. The maximum Gasteiger partial charge on any atom is 0.266 e. The molecule has 1 aliphatic heterocycles. The molecule has 7 heteroatoms. The SMILES string of the molecule is C[C@H]1CN(C(=O)c2c(NC(=O)c3cccs3)sc3c2CC[C@@H](C(C)(C)C)C3)C[C@H](C)O1. The van der Waals surface area contributed by atoms with Gasteiger partial charge in [-0.2, -0.15) is 0 Å². The molecule has 0 spiro atoms. The highest BCUT2D eigenvalue weighted by molar-refractivity contribution is 7.17. The fourth-order valence-corrected chi connectivity index (χ4v) is 6.65. The van der Waals surface area contributed by atoms with Gasteiger partial charge in [-0.1, -0.05) is 26.8 Å². The van der Waals surface area contributed by atoms with Gasteiger partial charge in [0.1, 0.15) is 5.00 Å². The number of thiophene rings is 2. The molecule has 0 radical (unpaired) electrons. The molecule has 168 valence electrons. The summed E-state index contributed by atoms with van der Waals surface area (Å²) in [5, 5.41) is 5.67. The van der Waals surface area contributed by atoms with Gasteiger partial charge < -0.3 is 15.0 Å². The summed E-state index contributed by atoms with van der Waals surface area (Å²) in [6.45, 7) is 12.0. The molecule has 31 heavy (non-hydrogen) atoms. The van der Waals surface area contributed by atoms with E-state index in [-0.39, 0.29) is 29.4 Å². The van der Waals surface area contributed by atoms with Gasteiger partial charge in [-0.25, -0.2) is 0 Å². The second kappa shape index (κ2) is 8.68. The zero-order valence-electron chi connectivity index (χ0n) is 19.0. The van der Waals surface area contributed by atoms with Gasteiger partial charge in [0.05, 0.1) is 22.6 Å². The summed E-state index contributed by atoms with van der Waals surface area (Å²) in [7, 11) is 0. The molecule has 3 heterocycles. The van der Waals surface area contributed by atoms with Gasteiger partial charge in [0.25, 0.3) is 11.8 Å². The van der Waals surface area contributed by atoms with Crippen LogP contribution in [-0.2, 0) is 17.6 Å². The maximum absolute atomic E-state index is 13.7. The number of rotatable bonds is 3. The van der Waals surface area contributed by atoms with E-state index in [1.807, 2.05) is 36.3 Å². The summed E-state index contributed by atoms with van der Waals surface area (Å²) >= 11 is 3.01. The van der Waals surface area contributed by atoms with E-state index in [1.165, 1.54) is 16.2 Å². The Kier molecular flexibility index (Phi) is 6.30. The lowest BCUT2D eigenvalue weighted by Crippen LogP contribution is -2.48. The molecule has 3 atom stereocenters. The standard InChI is InChI=1S/C24H32N2O3S2/c1-14-12-26(13-15(2)29-14)23(28)20-17-9-8-16(24(3,4)5)11-19(17)31-22(20)25-21(27)18-7-6-10-30-18/h6-7,10,14-16H,8-9,11-13H2,1-5H3,(H,25,27)/t14-,15-,16+/m0/s1. The molecule has 2 amide bonds. The van der Waals surface area contributed by atoms with Crippen LogP contribution in [0.1, 0.15) is 71.5 Å². The third kappa shape index (κ3) is 4.73. The first-order valence-corrected chi connectivity index (χ1v) is 12.8. The van der Waals surface area contributed by atoms with Gasteiger partial charge in [-0.15, -0.1) is 22.7 Å². The number of ether oxygens (including phenoxy) is 1. The monoisotopic (exact) mass is 460 g/mol. The average molecular weight is 461 g/mol. The number of nitrogens with one attached hydrogen (secondary N) is 1. The summed E-state index contributed by atoms with van der Waals surface area (Å²) < 4.78 is 5.83. The number of fused-ring (bicyclic) bond motifs is 1. The van der Waals surface area contributed by atoms with Crippen LogP contribution in [0, 0.1) is 11.3 Å². The Hall–Kier alpha value is -1.70. The van der Waals surface area contributed by atoms with Crippen molar-refractivity contribution in [1.82, 2.24) is 4.90 Å². The van der Waals surface area contributed by atoms with Crippen LogP contribution in [0.15, 0.2) is 17.5 Å². The molecule has 1 fully saturated rings. The van der Waals surface area contributed by atoms with Crippen molar-refractivity contribution in [3.63, 3.8) is 0 Å². The Bertz CT molecular complexity index is 948. The van der Waals surface area contributed by atoms with Crippen LogP contribution >= 0.6 is 22.7 Å². The molecule has 1 aliphatic carbocycles. The molecule has 1 saturated heterocycles. The summed E-state index contributed by atoms with van der Waals surface area (Å²) in [6.07, 6.45) is 2.95. The third-order valence-electron chi connectivity index (χ3n) is 6.38. The summed E-state index contributed by atoms with van der Waals surface area (Å²) in [6, 6.07) is 3.69. The number of nitrogens with zero attached hydrogens (tertiary/aromatic N) is 1. The Morgan fingerprint density at radius 2 is 1.90 bits per heavy atom. The molecule has 2 aliphatic rings. The molecular formula is C24H32N2O3S2. The highest BCUT2D eigenvalue weighted by Gasteiger charge is 2.36. The minimum Gasteiger partial charge on any atom is -0.372 e. The lowest BCUT2D eigenvalue weighted by Gasteiger charge is -2.36. The largest absolute Gasteiger partial charge is 0.372 e. The van der Waals surface area contributed by atoms with Gasteiger partial charge in [0, 0.05) is 18.0 Å². The van der Waals surface area contributed by atoms with Crippen molar-refractivity contribution >= 4 is 39.5 Å².